The SMILES string of the molecule is CCc1c(C)nn(-c2cc(C)ccc2C)c1C. The smallest absolute Gasteiger partial charge is 0.0680 e. The lowest BCUT2D eigenvalue weighted by Crippen LogP contribution is -2.02. The van der Waals surface area contributed by atoms with Gasteiger partial charge in [0.1, 0.15) is 0 Å². The minimum Gasteiger partial charge on any atom is -0.237 e. The molecule has 0 radical (unpaired) electrons. The Morgan fingerprint density at radius 3 is 2.41 bits per heavy atom. The molecule has 0 N–H and O–H groups in total. The van der Waals surface area contributed by atoms with Crippen LogP contribution in [0.2, 0.25) is 0 Å². The van der Waals surface area contributed by atoms with Crippen LogP contribution in [0.1, 0.15) is 35.0 Å². The molecule has 0 atom stereocenters. The van der Waals surface area contributed by atoms with E-state index in [0.29, 0.717) is 0 Å². The van der Waals surface area contributed by atoms with Gasteiger partial charge in [0.15, 0.2) is 0 Å². The van der Waals surface area contributed by atoms with Crippen LogP contribution in [-0.4, -0.2) is 9.78 Å². The Hall–Kier alpha value is -1.57. The average Bonchev–Trinajstić information content (AvgIpc) is 2.57. The van der Waals surface area contributed by atoms with Gasteiger partial charge in [0.05, 0.1) is 11.4 Å². The number of hydrogen-bond donors (Lipinski definition) is 0. The first-order chi connectivity index (χ1) is 8.04. The van der Waals surface area contributed by atoms with Gasteiger partial charge in [-0.2, -0.15) is 5.10 Å². The molecule has 0 bridgehead atoms. The first-order valence-electron chi connectivity index (χ1n) is 6.17. The van der Waals surface area contributed by atoms with E-state index in [4.69, 9.17) is 0 Å². The highest BCUT2D eigenvalue weighted by atomic mass is 15.3. The number of rotatable bonds is 2. The Bertz CT molecular complexity index is 550. The molecule has 1 heterocycles. The predicted molar refractivity (Wildman–Crippen MR) is 71.9 cm³/mol. The summed E-state index contributed by atoms with van der Waals surface area (Å²) in [6, 6.07) is 6.51. The van der Waals surface area contributed by atoms with Crippen LogP contribution in [0.15, 0.2) is 18.2 Å². The molecule has 0 aliphatic rings. The van der Waals surface area contributed by atoms with E-state index in [1.54, 1.807) is 0 Å². The fourth-order valence-corrected chi connectivity index (χ4v) is 2.37. The fraction of sp³-hybridized carbons (Fsp3) is 0.400. The summed E-state index contributed by atoms with van der Waals surface area (Å²) in [5.41, 5.74) is 7.51. The van der Waals surface area contributed by atoms with E-state index in [2.05, 4.69) is 62.6 Å². The molecule has 2 heteroatoms. The van der Waals surface area contributed by atoms with Crippen molar-refractivity contribution in [2.75, 3.05) is 0 Å². The lowest BCUT2D eigenvalue weighted by molar-refractivity contribution is 0.825. The molecule has 0 saturated heterocycles. The molecule has 0 unspecified atom stereocenters. The first kappa shape index (κ1) is 11.9. The molecule has 2 aromatic rings. The summed E-state index contributed by atoms with van der Waals surface area (Å²) in [7, 11) is 0. The minimum absolute atomic E-state index is 1.04. The van der Waals surface area contributed by atoms with Gasteiger partial charge in [0.2, 0.25) is 0 Å². The van der Waals surface area contributed by atoms with E-state index in [-0.39, 0.29) is 0 Å². The molecule has 0 saturated carbocycles. The van der Waals surface area contributed by atoms with Crippen molar-refractivity contribution in [1.29, 1.82) is 0 Å². The number of nitrogens with zero attached hydrogens (tertiary/aromatic N) is 2. The van der Waals surface area contributed by atoms with Crippen molar-refractivity contribution in [3.63, 3.8) is 0 Å². The highest BCUT2D eigenvalue weighted by molar-refractivity contribution is 5.45. The maximum absolute atomic E-state index is 4.67. The van der Waals surface area contributed by atoms with Gasteiger partial charge >= 0.3 is 0 Å². The van der Waals surface area contributed by atoms with Crippen LogP contribution < -0.4 is 0 Å². The molecule has 0 spiro atoms. The quantitative estimate of drug-likeness (QED) is 0.767. The van der Waals surface area contributed by atoms with Crippen molar-refractivity contribution >= 4 is 0 Å². The van der Waals surface area contributed by atoms with E-state index < -0.39 is 0 Å². The van der Waals surface area contributed by atoms with Crippen LogP contribution >= 0.6 is 0 Å². The summed E-state index contributed by atoms with van der Waals surface area (Å²) in [4.78, 5) is 0. The fourth-order valence-electron chi connectivity index (χ4n) is 2.37. The lowest BCUT2D eigenvalue weighted by Gasteiger charge is -2.09. The predicted octanol–water partition coefficient (Wildman–Crippen LogP) is 3.67. The van der Waals surface area contributed by atoms with Gasteiger partial charge in [-0.1, -0.05) is 19.1 Å². The second kappa shape index (κ2) is 4.36. The van der Waals surface area contributed by atoms with Crippen LogP contribution in [0.3, 0.4) is 0 Å². The van der Waals surface area contributed by atoms with Crippen molar-refractivity contribution in [2.24, 2.45) is 0 Å². The molecule has 0 amide bonds. The molecule has 1 aromatic heterocycles. The monoisotopic (exact) mass is 228 g/mol. The lowest BCUT2D eigenvalue weighted by atomic mass is 10.1. The number of aryl methyl sites for hydroxylation is 3. The molecule has 0 aliphatic carbocycles. The Balaban J connectivity index is 2.64. The van der Waals surface area contributed by atoms with Gasteiger partial charge in [-0.3, -0.25) is 0 Å². The third-order valence-electron chi connectivity index (χ3n) is 3.39. The normalized spacial score (nSPS) is 10.9. The van der Waals surface area contributed by atoms with Gasteiger partial charge in [-0.25, -0.2) is 4.68 Å². The highest BCUT2D eigenvalue weighted by Gasteiger charge is 2.12. The van der Waals surface area contributed by atoms with Crippen LogP contribution in [0.5, 0.6) is 0 Å². The molecule has 90 valence electrons. The van der Waals surface area contributed by atoms with Gasteiger partial charge in [0.25, 0.3) is 0 Å². The summed E-state index contributed by atoms with van der Waals surface area (Å²) >= 11 is 0. The van der Waals surface area contributed by atoms with E-state index in [0.717, 1.165) is 12.1 Å². The van der Waals surface area contributed by atoms with Crippen LogP contribution in [0, 0.1) is 27.7 Å². The standard InChI is InChI=1S/C15H20N2/c1-6-14-12(4)16-17(13(14)5)15-9-10(2)7-8-11(15)3/h7-9H,6H2,1-5H3. The Kier molecular flexibility index (Phi) is 3.05. The summed E-state index contributed by atoms with van der Waals surface area (Å²) < 4.78 is 2.08. The molecule has 2 nitrogen and oxygen atoms in total. The van der Waals surface area contributed by atoms with Crippen LogP contribution in [0.4, 0.5) is 0 Å². The zero-order valence-electron chi connectivity index (χ0n) is 11.3. The zero-order chi connectivity index (χ0) is 12.6. The van der Waals surface area contributed by atoms with Gasteiger partial charge in [-0.15, -0.1) is 0 Å². The van der Waals surface area contributed by atoms with E-state index >= 15 is 0 Å². The summed E-state index contributed by atoms with van der Waals surface area (Å²) in [5.74, 6) is 0. The summed E-state index contributed by atoms with van der Waals surface area (Å²) in [5, 5.41) is 4.67. The Labute approximate surface area is 103 Å². The van der Waals surface area contributed by atoms with E-state index in [9.17, 15) is 0 Å². The first-order valence-corrected chi connectivity index (χ1v) is 6.17. The molecular formula is C15H20N2. The number of benzene rings is 1. The molecule has 1 aromatic carbocycles. The molecule has 0 aliphatic heterocycles. The van der Waals surface area contributed by atoms with Gasteiger partial charge < -0.3 is 0 Å². The van der Waals surface area contributed by atoms with Gasteiger partial charge in [-0.05, 0) is 56.9 Å². The van der Waals surface area contributed by atoms with Crippen molar-refractivity contribution in [2.45, 2.75) is 41.0 Å². The van der Waals surface area contributed by atoms with Crippen molar-refractivity contribution < 1.29 is 0 Å². The second-order valence-corrected chi connectivity index (χ2v) is 4.70. The van der Waals surface area contributed by atoms with E-state index in [1.165, 1.54) is 28.1 Å². The third kappa shape index (κ3) is 1.99. The van der Waals surface area contributed by atoms with Crippen molar-refractivity contribution in [3.05, 3.63) is 46.3 Å². The Morgan fingerprint density at radius 2 is 1.82 bits per heavy atom. The van der Waals surface area contributed by atoms with Gasteiger partial charge in [0, 0.05) is 5.69 Å². The molecular weight excluding hydrogens is 208 g/mol. The summed E-state index contributed by atoms with van der Waals surface area (Å²) in [6.45, 7) is 10.7. The molecule has 2 rings (SSSR count). The minimum atomic E-state index is 1.04. The number of aromatic nitrogens is 2. The second-order valence-electron chi connectivity index (χ2n) is 4.70. The highest BCUT2D eigenvalue weighted by Crippen LogP contribution is 2.21. The van der Waals surface area contributed by atoms with Crippen molar-refractivity contribution in [1.82, 2.24) is 9.78 Å². The summed E-state index contributed by atoms with van der Waals surface area (Å²) in [6.07, 6.45) is 1.04. The maximum Gasteiger partial charge on any atom is 0.0680 e. The third-order valence-corrected chi connectivity index (χ3v) is 3.39. The number of hydrogen-bond acceptors (Lipinski definition) is 1. The molecule has 0 fully saturated rings. The average molecular weight is 228 g/mol. The molecule has 17 heavy (non-hydrogen) atoms. The Morgan fingerprint density at radius 1 is 1.12 bits per heavy atom. The van der Waals surface area contributed by atoms with Crippen LogP contribution in [0.25, 0.3) is 5.69 Å². The van der Waals surface area contributed by atoms with E-state index in [1.807, 2.05) is 0 Å². The van der Waals surface area contributed by atoms with Crippen LogP contribution in [-0.2, 0) is 6.42 Å². The van der Waals surface area contributed by atoms with Crippen molar-refractivity contribution in [3.8, 4) is 5.69 Å². The largest absolute Gasteiger partial charge is 0.237 e. The topological polar surface area (TPSA) is 17.8 Å². The zero-order valence-corrected chi connectivity index (χ0v) is 11.3. The maximum atomic E-state index is 4.67.